The fourth-order valence-corrected chi connectivity index (χ4v) is 6.33. The number of esters is 3. The quantitative estimate of drug-likeness (QED) is 0.0267. The van der Waals surface area contributed by atoms with Crippen LogP contribution >= 0.6 is 0 Å². The lowest BCUT2D eigenvalue weighted by Crippen LogP contribution is -2.30. The van der Waals surface area contributed by atoms with Gasteiger partial charge in [0.1, 0.15) is 13.2 Å². The lowest BCUT2D eigenvalue weighted by atomic mass is 10.1. The van der Waals surface area contributed by atoms with Crippen molar-refractivity contribution in [2.45, 2.75) is 232 Å². The summed E-state index contributed by atoms with van der Waals surface area (Å²) in [6, 6.07) is 0. The Labute approximate surface area is 339 Å². The minimum atomic E-state index is -0.784. The van der Waals surface area contributed by atoms with Crippen molar-refractivity contribution in [2.75, 3.05) is 13.2 Å². The Hall–Kier alpha value is -2.63. The van der Waals surface area contributed by atoms with Crippen LogP contribution < -0.4 is 0 Å². The van der Waals surface area contributed by atoms with Crippen molar-refractivity contribution in [1.29, 1.82) is 0 Å². The van der Waals surface area contributed by atoms with Crippen LogP contribution in [0.4, 0.5) is 0 Å². The first-order valence-electron chi connectivity index (χ1n) is 23.1. The molecule has 0 aromatic rings. The first-order chi connectivity index (χ1) is 27.0. The summed E-state index contributed by atoms with van der Waals surface area (Å²) >= 11 is 0. The van der Waals surface area contributed by atoms with Crippen LogP contribution in [0.2, 0.25) is 0 Å². The Morgan fingerprint density at radius 2 is 0.709 bits per heavy atom. The third kappa shape index (κ3) is 42.4. The van der Waals surface area contributed by atoms with Gasteiger partial charge in [0.15, 0.2) is 6.10 Å². The van der Waals surface area contributed by atoms with Gasteiger partial charge in [0.25, 0.3) is 0 Å². The maximum absolute atomic E-state index is 12.7. The van der Waals surface area contributed by atoms with Crippen LogP contribution in [0.1, 0.15) is 226 Å². The topological polar surface area (TPSA) is 78.9 Å². The van der Waals surface area contributed by atoms with Gasteiger partial charge in [-0.15, -0.1) is 0 Å². The molecule has 0 aliphatic carbocycles. The lowest BCUT2D eigenvalue weighted by Gasteiger charge is -2.18. The van der Waals surface area contributed by atoms with E-state index in [-0.39, 0.29) is 31.1 Å². The van der Waals surface area contributed by atoms with Gasteiger partial charge in [-0.3, -0.25) is 14.4 Å². The molecule has 55 heavy (non-hydrogen) atoms. The molecular formula is C49H86O6. The number of hydrogen-bond acceptors (Lipinski definition) is 6. The molecule has 0 saturated carbocycles. The summed E-state index contributed by atoms with van der Waals surface area (Å²) < 4.78 is 16.6. The van der Waals surface area contributed by atoms with Crippen LogP contribution in [0.15, 0.2) is 48.6 Å². The second-order valence-electron chi connectivity index (χ2n) is 15.3. The molecule has 0 radical (unpaired) electrons. The Morgan fingerprint density at radius 3 is 1.15 bits per heavy atom. The van der Waals surface area contributed by atoms with Gasteiger partial charge in [0, 0.05) is 19.3 Å². The standard InChI is InChI=1S/C49H86O6/c1-4-7-10-13-16-18-20-22-23-24-25-27-28-30-33-36-39-42-48(51)54-45-46(44-53-47(50)41-38-35-32-15-12-9-6-3)55-49(52)43-40-37-34-31-29-26-21-19-17-14-11-8-5-2/h8,11,17,19,22-23,26,29,46H,4-7,9-10,12-16,18,20-21,24-25,27-28,30-45H2,1-3H3/b11-8-,19-17-,23-22-,29-26-. The predicted octanol–water partition coefficient (Wildman–Crippen LogP) is 14.8. The van der Waals surface area contributed by atoms with E-state index in [0.717, 1.165) is 83.5 Å². The maximum atomic E-state index is 12.7. The summed E-state index contributed by atoms with van der Waals surface area (Å²) in [5.74, 6) is -0.927. The molecule has 1 unspecified atom stereocenters. The zero-order valence-corrected chi connectivity index (χ0v) is 36.2. The largest absolute Gasteiger partial charge is 0.462 e. The third-order valence-corrected chi connectivity index (χ3v) is 9.82. The number of ether oxygens (including phenoxy) is 3. The monoisotopic (exact) mass is 771 g/mol. The van der Waals surface area contributed by atoms with Crippen molar-refractivity contribution < 1.29 is 28.6 Å². The molecule has 318 valence electrons. The molecule has 0 spiro atoms. The fourth-order valence-electron chi connectivity index (χ4n) is 6.33. The van der Waals surface area contributed by atoms with Gasteiger partial charge in [-0.05, 0) is 77.0 Å². The molecule has 0 saturated heterocycles. The number of allylic oxidation sites excluding steroid dienone is 8. The summed E-state index contributed by atoms with van der Waals surface area (Å²) in [6.45, 7) is 6.44. The maximum Gasteiger partial charge on any atom is 0.306 e. The third-order valence-electron chi connectivity index (χ3n) is 9.82. The molecular weight excluding hydrogens is 685 g/mol. The highest BCUT2D eigenvalue weighted by Gasteiger charge is 2.19. The lowest BCUT2D eigenvalue weighted by molar-refractivity contribution is -0.167. The summed E-state index contributed by atoms with van der Waals surface area (Å²) in [6.07, 6.45) is 51.1. The highest BCUT2D eigenvalue weighted by Crippen LogP contribution is 2.13. The van der Waals surface area contributed by atoms with E-state index in [0.29, 0.717) is 19.3 Å². The van der Waals surface area contributed by atoms with Gasteiger partial charge in [0.2, 0.25) is 0 Å². The van der Waals surface area contributed by atoms with Gasteiger partial charge in [-0.1, -0.05) is 179 Å². The van der Waals surface area contributed by atoms with Crippen LogP contribution in [0.3, 0.4) is 0 Å². The van der Waals surface area contributed by atoms with Crippen LogP contribution in [-0.2, 0) is 28.6 Å². The SMILES string of the molecule is CC/C=C\C/C=C\C/C=C\CCCCCC(=O)OC(COC(=O)CCCCCCCCC)COC(=O)CCCCCCCCC/C=C\CCCCCCCC. The number of hydrogen-bond donors (Lipinski definition) is 0. The first-order valence-corrected chi connectivity index (χ1v) is 23.1. The molecule has 0 aliphatic rings. The van der Waals surface area contributed by atoms with Crippen LogP contribution in [0, 0.1) is 0 Å². The van der Waals surface area contributed by atoms with Crippen molar-refractivity contribution in [3.05, 3.63) is 48.6 Å². The molecule has 0 aromatic carbocycles. The predicted molar refractivity (Wildman–Crippen MR) is 233 cm³/mol. The molecule has 0 amide bonds. The normalized spacial score (nSPS) is 12.4. The van der Waals surface area contributed by atoms with E-state index in [1.54, 1.807) is 0 Å². The molecule has 0 bridgehead atoms. The minimum absolute atomic E-state index is 0.0859. The van der Waals surface area contributed by atoms with E-state index >= 15 is 0 Å². The van der Waals surface area contributed by atoms with E-state index in [4.69, 9.17) is 14.2 Å². The molecule has 0 rings (SSSR count). The molecule has 1 atom stereocenters. The number of unbranched alkanes of at least 4 members (excludes halogenated alkanes) is 22. The van der Waals surface area contributed by atoms with Crippen LogP contribution in [-0.4, -0.2) is 37.2 Å². The van der Waals surface area contributed by atoms with E-state index in [2.05, 4.69) is 69.4 Å². The highest BCUT2D eigenvalue weighted by atomic mass is 16.6. The average Bonchev–Trinajstić information content (AvgIpc) is 3.18. The molecule has 0 aromatic heterocycles. The van der Waals surface area contributed by atoms with Crippen LogP contribution in [0.5, 0.6) is 0 Å². The second-order valence-corrected chi connectivity index (χ2v) is 15.3. The highest BCUT2D eigenvalue weighted by molar-refractivity contribution is 5.71. The number of rotatable bonds is 41. The summed E-state index contributed by atoms with van der Waals surface area (Å²) in [5, 5.41) is 0. The van der Waals surface area contributed by atoms with E-state index < -0.39 is 6.10 Å². The Balaban J connectivity index is 4.32. The smallest absolute Gasteiger partial charge is 0.306 e. The molecule has 6 heteroatoms. The van der Waals surface area contributed by atoms with Gasteiger partial charge in [0.05, 0.1) is 0 Å². The van der Waals surface area contributed by atoms with E-state index in [1.165, 1.54) is 103 Å². The van der Waals surface area contributed by atoms with Crippen molar-refractivity contribution in [1.82, 2.24) is 0 Å². The fraction of sp³-hybridized carbons (Fsp3) is 0.776. The second kappa shape index (κ2) is 44.1. The molecule has 0 heterocycles. The van der Waals surface area contributed by atoms with E-state index in [1.807, 2.05) is 0 Å². The van der Waals surface area contributed by atoms with Crippen molar-refractivity contribution in [2.24, 2.45) is 0 Å². The zero-order valence-electron chi connectivity index (χ0n) is 36.2. The Kier molecular flexibility index (Phi) is 42.0. The van der Waals surface area contributed by atoms with Crippen molar-refractivity contribution >= 4 is 17.9 Å². The molecule has 6 nitrogen and oxygen atoms in total. The van der Waals surface area contributed by atoms with Gasteiger partial charge in [-0.25, -0.2) is 0 Å². The molecule has 0 fully saturated rings. The van der Waals surface area contributed by atoms with Crippen molar-refractivity contribution in [3.63, 3.8) is 0 Å². The van der Waals surface area contributed by atoms with Crippen molar-refractivity contribution in [3.8, 4) is 0 Å². The Morgan fingerprint density at radius 1 is 0.382 bits per heavy atom. The summed E-state index contributed by atoms with van der Waals surface area (Å²) in [7, 11) is 0. The summed E-state index contributed by atoms with van der Waals surface area (Å²) in [5.41, 5.74) is 0. The average molecular weight is 771 g/mol. The summed E-state index contributed by atoms with van der Waals surface area (Å²) in [4.78, 5) is 37.6. The minimum Gasteiger partial charge on any atom is -0.462 e. The van der Waals surface area contributed by atoms with Gasteiger partial charge >= 0.3 is 17.9 Å². The van der Waals surface area contributed by atoms with Gasteiger partial charge < -0.3 is 14.2 Å². The Bertz CT molecular complexity index is 980. The molecule has 0 aliphatic heterocycles. The molecule has 0 N–H and O–H groups in total. The van der Waals surface area contributed by atoms with Gasteiger partial charge in [-0.2, -0.15) is 0 Å². The zero-order chi connectivity index (χ0) is 40.1. The number of carbonyl (C=O) groups excluding carboxylic acids is 3. The van der Waals surface area contributed by atoms with Crippen LogP contribution in [0.25, 0.3) is 0 Å². The first kappa shape index (κ1) is 52.4. The van der Waals surface area contributed by atoms with E-state index in [9.17, 15) is 14.4 Å². The number of carbonyl (C=O) groups is 3.